The molecule has 0 saturated carbocycles. The Bertz CT molecular complexity index is 515. The van der Waals surface area contributed by atoms with E-state index in [1.807, 2.05) is 13.0 Å². The Morgan fingerprint density at radius 1 is 1.58 bits per heavy atom. The van der Waals surface area contributed by atoms with Crippen molar-refractivity contribution in [3.8, 4) is 0 Å². The van der Waals surface area contributed by atoms with Gasteiger partial charge in [0.05, 0.1) is 11.4 Å². The summed E-state index contributed by atoms with van der Waals surface area (Å²) < 4.78 is 6.00. The van der Waals surface area contributed by atoms with E-state index >= 15 is 0 Å². The molecule has 0 fully saturated rings. The van der Waals surface area contributed by atoms with Crippen LogP contribution in [-0.4, -0.2) is 31.6 Å². The third-order valence-electron chi connectivity index (χ3n) is 3.02. The van der Waals surface area contributed by atoms with Crippen molar-refractivity contribution >= 4 is 39.1 Å². The highest BCUT2D eigenvalue weighted by molar-refractivity contribution is 9.10. The van der Waals surface area contributed by atoms with Crippen LogP contribution in [0.25, 0.3) is 0 Å². The third-order valence-corrected chi connectivity index (χ3v) is 3.52. The van der Waals surface area contributed by atoms with Crippen molar-refractivity contribution in [2.24, 2.45) is 0 Å². The van der Waals surface area contributed by atoms with Crippen molar-refractivity contribution < 1.29 is 14.3 Å². The number of rotatable bonds is 3. The molecule has 1 heterocycles. The number of nitrogens with one attached hydrogen (secondary N) is 1. The zero-order chi connectivity index (χ0) is 14.0. The molecule has 0 saturated heterocycles. The molecule has 0 radical (unpaired) electrons. The lowest BCUT2D eigenvalue weighted by Crippen LogP contribution is -2.47. The summed E-state index contributed by atoms with van der Waals surface area (Å²) >= 11 is 3.34. The molecule has 0 aromatic heterocycles. The molecule has 1 atom stereocenters. The molecule has 1 aromatic carbocycles. The van der Waals surface area contributed by atoms with Gasteiger partial charge in [0.1, 0.15) is 12.6 Å². The number of ether oxygens (including phenoxy) is 1. The lowest BCUT2D eigenvalue weighted by Gasteiger charge is -2.31. The Balaban J connectivity index is 2.37. The summed E-state index contributed by atoms with van der Waals surface area (Å²) in [5, 5.41) is 2.76. The molecule has 5 nitrogen and oxygen atoms in total. The van der Waals surface area contributed by atoms with E-state index in [1.54, 1.807) is 12.1 Å². The number of fused-ring (bicyclic) bond motifs is 1. The average Bonchev–Trinajstić information content (AvgIpc) is 2.38. The molecular formula is C13H15BrN2O3. The quantitative estimate of drug-likeness (QED) is 0.926. The van der Waals surface area contributed by atoms with Gasteiger partial charge in [0.2, 0.25) is 5.91 Å². The summed E-state index contributed by atoms with van der Waals surface area (Å²) in [6.07, 6.45) is 0.0432. The molecule has 1 aliphatic rings. The van der Waals surface area contributed by atoms with Gasteiger partial charge in [0.15, 0.2) is 0 Å². The molecular weight excluding hydrogens is 312 g/mol. The number of methoxy groups -OCH3 is 1. The first-order valence-corrected chi connectivity index (χ1v) is 6.79. The van der Waals surface area contributed by atoms with Crippen molar-refractivity contribution in [3.63, 3.8) is 0 Å². The number of anilines is 2. The normalized spacial score (nSPS) is 15.7. The molecule has 6 heteroatoms. The van der Waals surface area contributed by atoms with Crippen LogP contribution in [0.2, 0.25) is 0 Å². The minimum absolute atomic E-state index is 0.0212. The first-order chi connectivity index (χ1) is 9.06. The van der Waals surface area contributed by atoms with E-state index in [4.69, 9.17) is 4.74 Å². The van der Waals surface area contributed by atoms with Gasteiger partial charge in [-0.05, 0) is 24.6 Å². The molecule has 2 rings (SSSR count). The number of nitrogens with zero attached hydrogens (tertiary/aromatic N) is 1. The predicted octanol–water partition coefficient (Wildman–Crippen LogP) is 2.16. The first kappa shape index (κ1) is 14.0. The van der Waals surface area contributed by atoms with Crippen LogP contribution in [0.5, 0.6) is 0 Å². The Kier molecular flexibility index (Phi) is 4.21. The zero-order valence-corrected chi connectivity index (χ0v) is 12.4. The minimum Gasteiger partial charge on any atom is -0.372 e. The van der Waals surface area contributed by atoms with Gasteiger partial charge in [-0.2, -0.15) is 0 Å². The van der Waals surface area contributed by atoms with Gasteiger partial charge in [0.25, 0.3) is 5.91 Å². The maximum atomic E-state index is 12.4. The lowest BCUT2D eigenvalue weighted by atomic mass is 10.1. The van der Waals surface area contributed by atoms with Gasteiger partial charge in [-0.3, -0.25) is 14.5 Å². The van der Waals surface area contributed by atoms with Crippen molar-refractivity contribution in [2.45, 2.75) is 19.4 Å². The van der Waals surface area contributed by atoms with E-state index in [9.17, 15) is 9.59 Å². The van der Waals surface area contributed by atoms with E-state index in [1.165, 1.54) is 12.0 Å². The Morgan fingerprint density at radius 2 is 2.32 bits per heavy atom. The number of benzene rings is 1. The van der Waals surface area contributed by atoms with Crippen LogP contribution >= 0.6 is 15.9 Å². The molecule has 0 bridgehead atoms. The second kappa shape index (κ2) is 5.71. The summed E-state index contributed by atoms with van der Waals surface area (Å²) in [6, 6.07) is 5.42. The van der Waals surface area contributed by atoms with E-state index in [2.05, 4.69) is 21.2 Å². The van der Waals surface area contributed by atoms with Crippen LogP contribution in [0.4, 0.5) is 11.4 Å². The van der Waals surface area contributed by atoms with Crippen LogP contribution in [0, 0.1) is 0 Å². The molecule has 2 amide bonds. The maximum Gasteiger partial charge on any atom is 0.256 e. The molecule has 1 N–H and O–H groups in total. The number of hydrogen-bond donors (Lipinski definition) is 1. The summed E-state index contributed by atoms with van der Waals surface area (Å²) in [5.41, 5.74) is 1.33. The van der Waals surface area contributed by atoms with Gasteiger partial charge in [-0.1, -0.05) is 22.9 Å². The molecule has 102 valence electrons. The van der Waals surface area contributed by atoms with E-state index in [0.717, 1.165) is 4.47 Å². The largest absolute Gasteiger partial charge is 0.372 e. The van der Waals surface area contributed by atoms with Crippen LogP contribution in [0.1, 0.15) is 13.3 Å². The van der Waals surface area contributed by atoms with Crippen LogP contribution < -0.4 is 10.2 Å². The SMILES string of the molecule is CCC(OC)C(=O)N1CC(=O)Nc2cc(Br)ccc21. The molecule has 1 aromatic rings. The molecule has 0 spiro atoms. The van der Waals surface area contributed by atoms with Crippen LogP contribution in [0.15, 0.2) is 22.7 Å². The van der Waals surface area contributed by atoms with Gasteiger partial charge in [-0.25, -0.2) is 0 Å². The highest BCUT2D eigenvalue weighted by Crippen LogP contribution is 2.32. The highest BCUT2D eigenvalue weighted by atomic mass is 79.9. The number of carbonyl (C=O) groups excluding carboxylic acids is 2. The van der Waals surface area contributed by atoms with Gasteiger partial charge in [-0.15, -0.1) is 0 Å². The molecule has 19 heavy (non-hydrogen) atoms. The van der Waals surface area contributed by atoms with Crippen molar-refractivity contribution in [1.82, 2.24) is 0 Å². The summed E-state index contributed by atoms with van der Waals surface area (Å²) in [6.45, 7) is 1.89. The van der Waals surface area contributed by atoms with Crippen molar-refractivity contribution in [1.29, 1.82) is 0 Å². The van der Waals surface area contributed by atoms with Gasteiger partial charge < -0.3 is 10.1 Å². The van der Waals surface area contributed by atoms with E-state index in [0.29, 0.717) is 17.8 Å². The van der Waals surface area contributed by atoms with Gasteiger partial charge in [0, 0.05) is 11.6 Å². The predicted molar refractivity (Wildman–Crippen MR) is 76.2 cm³/mol. The van der Waals surface area contributed by atoms with Crippen LogP contribution in [-0.2, 0) is 14.3 Å². The Labute approximate surface area is 120 Å². The van der Waals surface area contributed by atoms with Crippen molar-refractivity contribution in [3.05, 3.63) is 22.7 Å². The summed E-state index contributed by atoms with van der Waals surface area (Å²) in [5.74, 6) is -0.395. The molecule has 1 aliphatic heterocycles. The minimum atomic E-state index is -0.526. The van der Waals surface area contributed by atoms with Gasteiger partial charge >= 0.3 is 0 Å². The zero-order valence-electron chi connectivity index (χ0n) is 10.8. The average molecular weight is 327 g/mol. The van der Waals surface area contributed by atoms with E-state index in [-0.39, 0.29) is 18.4 Å². The second-order valence-corrected chi connectivity index (χ2v) is 5.18. The van der Waals surface area contributed by atoms with Crippen molar-refractivity contribution in [2.75, 3.05) is 23.9 Å². The fourth-order valence-corrected chi connectivity index (χ4v) is 2.44. The standard InChI is InChI=1S/C13H15BrN2O3/c1-3-11(19-2)13(18)16-7-12(17)15-9-6-8(14)4-5-10(9)16/h4-6,11H,3,7H2,1-2H3,(H,15,17). The number of halogens is 1. The fourth-order valence-electron chi connectivity index (χ4n) is 2.07. The topological polar surface area (TPSA) is 58.6 Å². The molecule has 1 unspecified atom stereocenters. The molecule has 0 aliphatic carbocycles. The fraction of sp³-hybridized carbons (Fsp3) is 0.385. The maximum absolute atomic E-state index is 12.4. The summed E-state index contributed by atoms with van der Waals surface area (Å²) in [7, 11) is 1.50. The summed E-state index contributed by atoms with van der Waals surface area (Å²) in [4.78, 5) is 25.5. The number of carbonyl (C=O) groups is 2. The highest BCUT2D eigenvalue weighted by Gasteiger charge is 2.30. The smallest absolute Gasteiger partial charge is 0.256 e. The third kappa shape index (κ3) is 2.79. The number of amides is 2. The second-order valence-electron chi connectivity index (χ2n) is 4.27. The number of hydrogen-bond acceptors (Lipinski definition) is 3. The Morgan fingerprint density at radius 3 is 2.95 bits per heavy atom. The van der Waals surface area contributed by atoms with E-state index < -0.39 is 6.10 Å². The van der Waals surface area contributed by atoms with Crippen LogP contribution in [0.3, 0.4) is 0 Å². The monoisotopic (exact) mass is 326 g/mol. The lowest BCUT2D eigenvalue weighted by molar-refractivity contribution is -0.129. The Hall–Kier alpha value is -1.40. The first-order valence-electron chi connectivity index (χ1n) is 6.00.